The van der Waals surface area contributed by atoms with Gasteiger partial charge >= 0.3 is 0 Å². The number of hydrogen-bond donors (Lipinski definition) is 0. The Labute approximate surface area is 164 Å². The fourth-order valence-electron chi connectivity index (χ4n) is 4.85. The summed E-state index contributed by atoms with van der Waals surface area (Å²) in [6, 6.07) is 0.0803. The molecule has 0 N–H and O–H groups in total. The number of aryl methyl sites for hydroxylation is 2. The molecule has 6 heteroatoms. The maximum atomic E-state index is 13.2. The number of likely N-dealkylation sites (tertiary alicyclic amines) is 2. The van der Waals surface area contributed by atoms with E-state index in [-0.39, 0.29) is 6.04 Å². The van der Waals surface area contributed by atoms with Crippen molar-refractivity contribution in [3.8, 4) is 0 Å². The molecular weight excluding hydrogens is 338 g/mol. The van der Waals surface area contributed by atoms with E-state index in [0.29, 0.717) is 11.3 Å². The summed E-state index contributed by atoms with van der Waals surface area (Å²) in [7, 11) is 6.14. The molecule has 2 aliphatic rings. The van der Waals surface area contributed by atoms with Crippen molar-refractivity contribution >= 4 is 5.91 Å². The van der Waals surface area contributed by atoms with E-state index in [4.69, 9.17) is 0 Å². The molecular formula is C21H37N5O. The van der Waals surface area contributed by atoms with Crippen LogP contribution in [0.4, 0.5) is 0 Å². The number of amides is 1. The molecule has 0 bridgehead atoms. The molecule has 0 unspecified atom stereocenters. The van der Waals surface area contributed by atoms with Crippen LogP contribution < -0.4 is 0 Å². The summed E-state index contributed by atoms with van der Waals surface area (Å²) < 4.78 is 1.84. The van der Waals surface area contributed by atoms with Crippen LogP contribution in [0, 0.1) is 5.41 Å². The van der Waals surface area contributed by atoms with Crippen LogP contribution in [0.15, 0.2) is 12.4 Å². The lowest BCUT2D eigenvalue weighted by Gasteiger charge is -2.37. The van der Waals surface area contributed by atoms with Gasteiger partial charge in [-0.25, -0.2) is 0 Å². The number of rotatable bonds is 7. The smallest absolute Gasteiger partial charge is 0.239 e. The minimum atomic E-state index is 0.0803. The van der Waals surface area contributed by atoms with Crippen molar-refractivity contribution in [3.05, 3.63) is 18.0 Å². The Morgan fingerprint density at radius 2 is 2.07 bits per heavy atom. The van der Waals surface area contributed by atoms with E-state index in [0.717, 1.165) is 45.3 Å². The van der Waals surface area contributed by atoms with E-state index in [2.05, 4.69) is 35.1 Å². The van der Waals surface area contributed by atoms with E-state index >= 15 is 0 Å². The lowest BCUT2D eigenvalue weighted by molar-refractivity contribution is -0.134. The Bertz CT molecular complexity index is 620. The molecule has 27 heavy (non-hydrogen) atoms. The Morgan fingerprint density at radius 3 is 2.70 bits per heavy atom. The molecule has 0 radical (unpaired) electrons. The maximum Gasteiger partial charge on any atom is 0.239 e. The topological polar surface area (TPSA) is 44.6 Å². The summed E-state index contributed by atoms with van der Waals surface area (Å²) in [6.45, 7) is 7.52. The largest absolute Gasteiger partial charge is 0.344 e. The van der Waals surface area contributed by atoms with Gasteiger partial charge in [-0.1, -0.05) is 6.92 Å². The van der Waals surface area contributed by atoms with Crippen molar-refractivity contribution in [2.24, 2.45) is 12.5 Å². The molecule has 3 heterocycles. The van der Waals surface area contributed by atoms with Crippen LogP contribution in [0.1, 0.15) is 44.6 Å². The van der Waals surface area contributed by atoms with Crippen LogP contribution in [0.3, 0.4) is 0 Å². The number of likely N-dealkylation sites (N-methyl/N-ethyl adjacent to an activating group) is 1. The molecule has 1 amide bonds. The second kappa shape index (κ2) is 8.74. The van der Waals surface area contributed by atoms with Crippen LogP contribution in [0.2, 0.25) is 0 Å². The predicted octanol–water partition coefficient (Wildman–Crippen LogP) is 2.01. The van der Waals surface area contributed by atoms with Crippen LogP contribution in [-0.2, 0) is 18.3 Å². The first-order valence-corrected chi connectivity index (χ1v) is 10.6. The molecule has 6 nitrogen and oxygen atoms in total. The van der Waals surface area contributed by atoms with Crippen molar-refractivity contribution in [1.82, 2.24) is 24.5 Å². The molecule has 0 saturated carbocycles. The second-order valence-corrected chi connectivity index (χ2v) is 8.88. The van der Waals surface area contributed by atoms with Gasteiger partial charge in [-0.3, -0.25) is 14.4 Å². The predicted molar refractivity (Wildman–Crippen MR) is 109 cm³/mol. The van der Waals surface area contributed by atoms with E-state index < -0.39 is 0 Å². The first kappa shape index (κ1) is 20.3. The minimum Gasteiger partial charge on any atom is -0.344 e. The summed E-state index contributed by atoms with van der Waals surface area (Å²) >= 11 is 0. The molecule has 2 fully saturated rings. The second-order valence-electron chi connectivity index (χ2n) is 8.88. The van der Waals surface area contributed by atoms with E-state index in [9.17, 15) is 4.79 Å². The molecule has 1 spiro atoms. The van der Waals surface area contributed by atoms with Crippen molar-refractivity contribution in [2.45, 2.75) is 51.5 Å². The summed E-state index contributed by atoms with van der Waals surface area (Å²) in [5.41, 5.74) is 1.61. The van der Waals surface area contributed by atoms with Crippen molar-refractivity contribution < 1.29 is 4.79 Å². The molecule has 1 aromatic heterocycles. The van der Waals surface area contributed by atoms with Gasteiger partial charge in [0.15, 0.2) is 0 Å². The zero-order chi connectivity index (χ0) is 19.4. The van der Waals surface area contributed by atoms with Crippen LogP contribution in [0.25, 0.3) is 0 Å². The first-order valence-electron chi connectivity index (χ1n) is 10.6. The highest BCUT2D eigenvalue weighted by Crippen LogP contribution is 2.43. The zero-order valence-corrected chi connectivity index (χ0v) is 17.7. The summed E-state index contributed by atoms with van der Waals surface area (Å²) in [4.78, 5) is 20.1. The van der Waals surface area contributed by atoms with E-state index in [1.165, 1.54) is 31.5 Å². The normalized spacial score (nSPS) is 23.2. The molecule has 3 rings (SSSR count). The first-order chi connectivity index (χ1) is 12.9. The third-order valence-corrected chi connectivity index (χ3v) is 6.54. The van der Waals surface area contributed by atoms with Crippen molar-refractivity contribution in [2.75, 3.05) is 46.8 Å². The summed E-state index contributed by atoms with van der Waals surface area (Å²) in [6.07, 6.45) is 10.6. The van der Waals surface area contributed by atoms with Gasteiger partial charge in [0.05, 0.1) is 12.2 Å². The number of hydrogen-bond acceptors (Lipinski definition) is 4. The van der Waals surface area contributed by atoms with Gasteiger partial charge in [-0.05, 0) is 76.2 Å². The molecule has 152 valence electrons. The molecule has 0 aromatic carbocycles. The number of nitrogens with zero attached hydrogens (tertiary/aromatic N) is 5. The third kappa shape index (κ3) is 4.91. The number of carbonyl (C=O) groups excluding carboxylic acids is 1. The Kier molecular flexibility index (Phi) is 6.58. The zero-order valence-electron chi connectivity index (χ0n) is 17.7. The lowest BCUT2D eigenvalue weighted by Crippen LogP contribution is -2.44. The average Bonchev–Trinajstić information content (AvgIpc) is 3.21. The van der Waals surface area contributed by atoms with Gasteiger partial charge in [0.1, 0.15) is 0 Å². The quantitative estimate of drug-likeness (QED) is 0.731. The van der Waals surface area contributed by atoms with Crippen LogP contribution in [0.5, 0.6) is 0 Å². The van der Waals surface area contributed by atoms with Crippen molar-refractivity contribution in [1.29, 1.82) is 0 Å². The van der Waals surface area contributed by atoms with Gasteiger partial charge in [0, 0.05) is 33.4 Å². The molecule has 2 aliphatic heterocycles. The van der Waals surface area contributed by atoms with Gasteiger partial charge in [0.25, 0.3) is 0 Å². The van der Waals surface area contributed by atoms with Gasteiger partial charge in [0.2, 0.25) is 5.91 Å². The summed E-state index contributed by atoms with van der Waals surface area (Å²) in [5.74, 6) is 0.324. The SMILES string of the molecule is CCCN1CC2(CCN(C)CC2)C[C@@H]1C(=O)N(C)CCCc1cnn(C)c1. The van der Waals surface area contributed by atoms with Crippen LogP contribution in [-0.4, -0.2) is 83.2 Å². The van der Waals surface area contributed by atoms with Gasteiger partial charge < -0.3 is 9.80 Å². The van der Waals surface area contributed by atoms with Crippen molar-refractivity contribution in [3.63, 3.8) is 0 Å². The molecule has 0 aliphatic carbocycles. The Morgan fingerprint density at radius 1 is 1.33 bits per heavy atom. The fraction of sp³-hybridized carbons (Fsp3) is 0.810. The third-order valence-electron chi connectivity index (χ3n) is 6.54. The molecule has 1 atom stereocenters. The monoisotopic (exact) mass is 375 g/mol. The van der Waals surface area contributed by atoms with Crippen LogP contribution >= 0.6 is 0 Å². The summed E-state index contributed by atoms with van der Waals surface area (Å²) in [5, 5.41) is 4.22. The fourth-order valence-corrected chi connectivity index (χ4v) is 4.85. The lowest BCUT2D eigenvalue weighted by atomic mass is 9.76. The Hall–Kier alpha value is -1.40. The van der Waals surface area contributed by atoms with Gasteiger partial charge in [-0.2, -0.15) is 5.10 Å². The highest BCUT2D eigenvalue weighted by molar-refractivity contribution is 5.82. The maximum absolute atomic E-state index is 13.2. The number of aromatic nitrogens is 2. The average molecular weight is 376 g/mol. The number of carbonyl (C=O) groups is 1. The highest BCUT2D eigenvalue weighted by Gasteiger charge is 2.47. The molecule has 2 saturated heterocycles. The highest BCUT2D eigenvalue weighted by atomic mass is 16.2. The standard InChI is InChI=1S/C21H37N5O/c1-5-10-26-17-21(8-12-23(2)13-9-21)14-19(26)20(27)24(3)11-6-7-18-15-22-25(4)16-18/h15-16,19H,5-14,17H2,1-4H3/t19-/m1/s1. The van der Waals surface area contributed by atoms with Gasteiger partial charge in [-0.15, -0.1) is 0 Å². The van der Waals surface area contributed by atoms with E-state index in [1.807, 2.05) is 29.9 Å². The van der Waals surface area contributed by atoms with E-state index in [1.54, 1.807) is 0 Å². The Balaban J connectivity index is 1.55. The minimum absolute atomic E-state index is 0.0803. The number of piperidine rings is 1. The molecule has 1 aromatic rings.